The molecule has 1 fully saturated rings. The zero-order chi connectivity index (χ0) is 22.6. The van der Waals surface area contributed by atoms with Gasteiger partial charge in [-0.1, -0.05) is 36.4 Å². The van der Waals surface area contributed by atoms with Crippen LogP contribution in [0.5, 0.6) is 0 Å². The number of rotatable bonds is 6. The van der Waals surface area contributed by atoms with Gasteiger partial charge in [-0.05, 0) is 50.9 Å². The van der Waals surface area contributed by atoms with Gasteiger partial charge in [0.2, 0.25) is 11.9 Å². The lowest BCUT2D eigenvalue weighted by molar-refractivity contribution is 0.00578. The second-order valence-corrected chi connectivity index (χ2v) is 8.24. The Morgan fingerprint density at radius 3 is 2.35 bits per heavy atom. The van der Waals surface area contributed by atoms with Gasteiger partial charge in [0.1, 0.15) is 6.61 Å². The van der Waals surface area contributed by atoms with Gasteiger partial charge in [0.15, 0.2) is 0 Å². The molecule has 0 atom stereocenters. The molecule has 164 valence electrons. The molecule has 0 bridgehead atoms. The van der Waals surface area contributed by atoms with Crippen molar-refractivity contribution in [1.82, 2.24) is 10.3 Å². The maximum Gasteiger partial charge on any atom is 0.492 e. The third-order valence-corrected chi connectivity index (χ3v) is 5.39. The van der Waals surface area contributed by atoms with Crippen molar-refractivity contribution in [3.8, 4) is 0 Å². The van der Waals surface area contributed by atoms with E-state index in [4.69, 9.17) is 14.0 Å². The monoisotopic (exact) mass is 430 g/mol. The van der Waals surface area contributed by atoms with Crippen LogP contribution >= 0.6 is 0 Å². The fraction of sp³-hybridized carbons (Fsp3) is 0.364. The number of hydrogen-bond acceptors (Lipinski definition) is 5. The molecule has 0 saturated carbocycles. The van der Waals surface area contributed by atoms with Crippen LogP contribution < -0.4 is 5.32 Å². The van der Waals surface area contributed by atoms with Gasteiger partial charge >= 0.3 is 13.2 Å². The summed E-state index contributed by atoms with van der Waals surface area (Å²) in [7, 11) is -0.844. The van der Waals surface area contributed by atoms with Gasteiger partial charge in [-0.2, -0.15) is 13.8 Å². The summed E-state index contributed by atoms with van der Waals surface area (Å²) < 4.78 is 44.6. The van der Waals surface area contributed by atoms with Crippen LogP contribution in [0.15, 0.2) is 47.9 Å². The smallest absolute Gasteiger partial charge is 0.445 e. The summed E-state index contributed by atoms with van der Waals surface area (Å²) in [6, 6.07) is 11.6. The Labute approximate surface area is 180 Å². The molecule has 1 aliphatic heterocycles. The number of hydrogen-bond donors (Lipinski definition) is 1. The van der Waals surface area contributed by atoms with Crippen molar-refractivity contribution < 1.29 is 27.6 Å². The molecule has 0 spiro atoms. The number of aromatic nitrogens is 1. The number of carbonyl (C=O) groups is 1. The zero-order valence-corrected chi connectivity index (χ0v) is 17.9. The molecule has 3 rings (SSSR count). The number of alkyl carbamates (subject to hydrolysis) is 1. The van der Waals surface area contributed by atoms with Crippen LogP contribution in [0.1, 0.15) is 38.8 Å². The molecule has 1 amide bonds. The fourth-order valence-corrected chi connectivity index (χ4v) is 2.88. The van der Waals surface area contributed by atoms with E-state index in [1.165, 1.54) is 12.1 Å². The highest BCUT2D eigenvalue weighted by molar-refractivity contribution is 6.56. The van der Waals surface area contributed by atoms with Gasteiger partial charge in [0.25, 0.3) is 0 Å². The predicted octanol–water partition coefficient (Wildman–Crippen LogP) is 4.30. The molecule has 1 N–H and O–H groups in total. The van der Waals surface area contributed by atoms with Gasteiger partial charge in [-0.15, -0.1) is 0 Å². The van der Waals surface area contributed by atoms with E-state index in [1.54, 1.807) is 0 Å². The molecular formula is C22H25BF2N2O4. The SMILES string of the molecule is CC1(C)OB(C(=Cc2ccc(F)nc2F)CNC(=O)OCc2ccccc2)OC1(C)C. The van der Waals surface area contributed by atoms with E-state index in [9.17, 15) is 13.6 Å². The van der Waals surface area contributed by atoms with Gasteiger partial charge in [0, 0.05) is 12.1 Å². The Hall–Kier alpha value is -2.78. The van der Waals surface area contributed by atoms with Gasteiger partial charge < -0.3 is 19.4 Å². The molecule has 31 heavy (non-hydrogen) atoms. The average molecular weight is 430 g/mol. The molecule has 2 heterocycles. The first kappa shape index (κ1) is 22.9. The number of halogens is 2. The highest BCUT2D eigenvalue weighted by atomic mass is 19.1. The Balaban J connectivity index is 1.74. The van der Waals surface area contributed by atoms with E-state index >= 15 is 0 Å². The van der Waals surface area contributed by atoms with Crippen molar-refractivity contribution in [2.75, 3.05) is 6.54 Å². The highest BCUT2D eigenvalue weighted by Gasteiger charge is 2.52. The van der Waals surface area contributed by atoms with E-state index in [2.05, 4.69) is 10.3 Å². The van der Waals surface area contributed by atoms with Crippen LogP contribution in [-0.4, -0.2) is 35.9 Å². The first-order valence-electron chi connectivity index (χ1n) is 9.90. The fourth-order valence-electron chi connectivity index (χ4n) is 2.88. The molecular weight excluding hydrogens is 405 g/mol. The van der Waals surface area contributed by atoms with Crippen LogP contribution in [0.2, 0.25) is 0 Å². The first-order chi connectivity index (χ1) is 14.6. The largest absolute Gasteiger partial charge is 0.492 e. The quantitative estimate of drug-likeness (QED) is 0.547. The van der Waals surface area contributed by atoms with Crippen LogP contribution in [0.4, 0.5) is 13.6 Å². The Bertz CT molecular complexity index is 951. The number of benzene rings is 1. The maximum absolute atomic E-state index is 14.1. The Morgan fingerprint density at radius 2 is 1.74 bits per heavy atom. The summed E-state index contributed by atoms with van der Waals surface area (Å²) in [6.07, 6.45) is 0.783. The van der Waals surface area contributed by atoms with Crippen molar-refractivity contribution in [3.63, 3.8) is 0 Å². The Morgan fingerprint density at radius 1 is 1.10 bits per heavy atom. The molecule has 1 aromatic carbocycles. The standard InChI is InChI=1S/C22H25BF2N2O4/c1-21(2)22(3,4)31-23(30-21)17(12-16-10-11-18(24)27-19(16)25)13-26-20(28)29-14-15-8-6-5-7-9-15/h5-12H,13-14H2,1-4H3,(H,26,28). The molecule has 9 heteroatoms. The maximum atomic E-state index is 14.1. The number of pyridine rings is 1. The second-order valence-electron chi connectivity index (χ2n) is 8.24. The van der Waals surface area contributed by atoms with Crippen LogP contribution in [0.3, 0.4) is 0 Å². The molecule has 0 radical (unpaired) electrons. The average Bonchev–Trinajstić information content (AvgIpc) is 2.93. The topological polar surface area (TPSA) is 69.7 Å². The summed E-state index contributed by atoms with van der Waals surface area (Å²) in [5.74, 6) is -1.89. The van der Waals surface area contributed by atoms with E-state index in [1.807, 2.05) is 58.0 Å². The molecule has 1 saturated heterocycles. The van der Waals surface area contributed by atoms with E-state index < -0.39 is 36.3 Å². The zero-order valence-electron chi connectivity index (χ0n) is 17.9. The number of nitrogens with one attached hydrogen (secondary N) is 1. The summed E-state index contributed by atoms with van der Waals surface area (Å²) in [5, 5.41) is 2.63. The summed E-state index contributed by atoms with van der Waals surface area (Å²) in [6.45, 7) is 7.61. The number of carbonyl (C=O) groups excluding carboxylic acids is 1. The lowest BCUT2D eigenvalue weighted by atomic mass is 9.77. The molecule has 0 unspecified atom stereocenters. The van der Waals surface area contributed by atoms with E-state index in [0.29, 0.717) is 5.47 Å². The van der Waals surface area contributed by atoms with Crippen LogP contribution in [0, 0.1) is 11.9 Å². The van der Waals surface area contributed by atoms with Crippen molar-refractivity contribution in [1.29, 1.82) is 0 Å². The minimum absolute atomic E-state index is 0.0265. The van der Waals surface area contributed by atoms with Crippen molar-refractivity contribution in [2.45, 2.75) is 45.5 Å². The van der Waals surface area contributed by atoms with E-state index in [-0.39, 0.29) is 18.7 Å². The van der Waals surface area contributed by atoms with Gasteiger partial charge in [-0.3, -0.25) is 0 Å². The van der Waals surface area contributed by atoms with Crippen molar-refractivity contribution in [2.24, 2.45) is 0 Å². The minimum atomic E-state index is -0.972. The highest BCUT2D eigenvalue weighted by Crippen LogP contribution is 2.38. The minimum Gasteiger partial charge on any atom is -0.445 e. The lowest BCUT2D eigenvalue weighted by Crippen LogP contribution is -2.41. The normalized spacial score (nSPS) is 17.5. The van der Waals surface area contributed by atoms with Crippen molar-refractivity contribution >= 4 is 19.3 Å². The molecule has 0 aliphatic carbocycles. The molecule has 1 aliphatic rings. The molecule has 1 aromatic heterocycles. The van der Waals surface area contributed by atoms with Crippen molar-refractivity contribution in [3.05, 3.63) is 71.0 Å². The molecule has 2 aromatic rings. The van der Waals surface area contributed by atoms with Gasteiger partial charge in [-0.25, -0.2) is 4.79 Å². The summed E-state index contributed by atoms with van der Waals surface area (Å²) in [4.78, 5) is 15.4. The lowest BCUT2D eigenvalue weighted by Gasteiger charge is -2.32. The number of amides is 1. The summed E-state index contributed by atoms with van der Waals surface area (Å²) in [5.41, 5.74) is 0.0564. The predicted molar refractivity (Wildman–Crippen MR) is 113 cm³/mol. The first-order valence-corrected chi connectivity index (χ1v) is 9.90. The van der Waals surface area contributed by atoms with Crippen LogP contribution in [0.25, 0.3) is 6.08 Å². The number of ether oxygens (including phenoxy) is 1. The second kappa shape index (κ2) is 9.15. The van der Waals surface area contributed by atoms with Crippen LogP contribution in [-0.2, 0) is 20.7 Å². The van der Waals surface area contributed by atoms with Gasteiger partial charge in [0.05, 0.1) is 11.2 Å². The third kappa shape index (κ3) is 5.68. The van der Waals surface area contributed by atoms with E-state index in [0.717, 1.165) is 11.6 Å². The third-order valence-electron chi connectivity index (χ3n) is 5.39. The Kier molecular flexibility index (Phi) is 6.76. The summed E-state index contributed by atoms with van der Waals surface area (Å²) >= 11 is 0. The molecule has 6 nitrogen and oxygen atoms in total. The number of nitrogens with zero attached hydrogens (tertiary/aromatic N) is 1.